The monoisotopic (exact) mass is 297 g/mol. The summed E-state index contributed by atoms with van der Waals surface area (Å²) in [5.41, 5.74) is 0.946. The molecule has 0 aromatic heterocycles. The fourth-order valence-electron chi connectivity index (χ4n) is 2.61. The molecule has 1 N–H and O–H groups in total. The van der Waals surface area contributed by atoms with Gasteiger partial charge in [-0.25, -0.2) is 8.42 Å². The van der Waals surface area contributed by atoms with E-state index in [1.807, 2.05) is 37.3 Å². The van der Waals surface area contributed by atoms with Gasteiger partial charge in [-0.15, -0.1) is 0 Å². The van der Waals surface area contributed by atoms with Crippen LogP contribution in [0.4, 0.5) is 0 Å². The highest BCUT2D eigenvalue weighted by Crippen LogP contribution is 2.25. The Kier molecular flexibility index (Phi) is 4.45. The van der Waals surface area contributed by atoms with Gasteiger partial charge < -0.3 is 5.11 Å². The number of hydrogen-bond acceptors (Lipinski definition) is 3. The molecule has 1 aliphatic rings. The normalized spacial score (nSPS) is 21.8. The summed E-state index contributed by atoms with van der Waals surface area (Å²) in [5, 5.41) is 9.09. The fraction of sp³-hybridized carbons (Fsp3) is 0.500. The van der Waals surface area contributed by atoms with Gasteiger partial charge in [0.2, 0.25) is 10.0 Å². The van der Waals surface area contributed by atoms with E-state index in [1.165, 1.54) is 0 Å². The van der Waals surface area contributed by atoms with Crippen molar-refractivity contribution in [3.8, 4) is 0 Å². The Morgan fingerprint density at radius 3 is 2.65 bits per heavy atom. The third-order valence-electron chi connectivity index (χ3n) is 3.68. The summed E-state index contributed by atoms with van der Waals surface area (Å²) in [6.45, 7) is 2.15. The molecule has 1 saturated heterocycles. The minimum atomic E-state index is -3.55. The van der Waals surface area contributed by atoms with E-state index in [0.717, 1.165) is 9.87 Å². The number of benzene rings is 1. The molecule has 1 fully saturated rings. The lowest BCUT2D eigenvalue weighted by Gasteiger charge is -2.23. The van der Waals surface area contributed by atoms with E-state index in [1.54, 1.807) is 0 Å². The first kappa shape index (κ1) is 15.0. The lowest BCUT2D eigenvalue weighted by Crippen LogP contribution is -2.42. The highest BCUT2D eigenvalue weighted by Gasteiger charge is 2.39. The topological polar surface area (TPSA) is 74.7 Å². The van der Waals surface area contributed by atoms with Crippen LogP contribution in [0.25, 0.3) is 0 Å². The second-order valence-electron chi connectivity index (χ2n) is 5.20. The molecule has 0 amide bonds. The van der Waals surface area contributed by atoms with Crippen molar-refractivity contribution >= 4 is 16.0 Å². The van der Waals surface area contributed by atoms with E-state index in [9.17, 15) is 13.2 Å². The third kappa shape index (κ3) is 3.19. The molecule has 1 aromatic carbocycles. The van der Waals surface area contributed by atoms with Gasteiger partial charge in [-0.2, -0.15) is 4.31 Å². The molecule has 6 heteroatoms. The quantitative estimate of drug-likeness (QED) is 0.897. The van der Waals surface area contributed by atoms with Crippen LogP contribution in [0, 0.1) is 0 Å². The molecule has 2 atom stereocenters. The Balaban J connectivity index is 2.13. The van der Waals surface area contributed by atoms with Crippen molar-refractivity contribution in [2.75, 3.05) is 12.3 Å². The highest BCUT2D eigenvalue weighted by molar-refractivity contribution is 7.89. The number of sulfonamides is 1. The number of rotatable bonds is 5. The van der Waals surface area contributed by atoms with Crippen LogP contribution in [-0.4, -0.2) is 42.1 Å². The summed E-state index contributed by atoms with van der Waals surface area (Å²) in [6, 6.07) is 8.49. The standard InChI is InChI=1S/C14H19NO4S/c1-11(12-6-3-2-4-7-12)10-20(18,19)15-9-5-8-13(15)14(16)17/h2-4,6-7,11,13H,5,8-10H2,1H3,(H,16,17)/t11?,13-/m0/s1. The first-order valence-electron chi connectivity index (χ1n) is 6.69. The summed E-state index contributed by atoms with van der Waals surface area (Å²) in [4.78, 5) is 11.1. The van der Waals surface area contributed by atoms with E-state index in [-0.39, 0.29) is 11.7 Å². The van der Waals surface area contributed by atoms with Crippen molar-refractivity contribution in [3.63, 3.8) is 0 Å². The Morgan fingerprint density at radius 1 is 1.40 bits per heavy atom. The van der Waals surface area contributed by atoms with Crippen LogP contribution in [0.1, 0.15) is 31.2 Å². The van der Waals surface area contributed by atoms with Crippen molar-refractivity contribution < 1.29 is 18.3 Å². The molecule has 0 bridgehead atoms. The molecule has 20 heavy (non-hydrogen) atoms. The molecule has 1 unspecified atom stereocenters. The average Bonchev–Trinajstić information content (AvgIpc) is 2.89. The summed E-state index contributed by atoms with van der Waals surface area (Å²) in [7, 11) is -3.55. The van der Waals surface area contributed by atoms with Crippen LogP contribution < -0.4 is 0 Å². The van der Waals surface area contributed by atoms with Gasteiger partial charge in [0.15, 0.2) is 0 Å². The maximum Gasteiger partial charge on any atom is 0.322 e. The van der Waals surface area contributed by atoms with Crippen molar-refractivity contribution in [1.29, 1.82) is 0 Å². The molecular weight excluding hydrogens is 278 g/mol. The molecule has 1 heterocycles. The lowest BCUT2D eigenvalue weighted by atomic mass is 10.0. The molecule has 2 rings (SSSR count). The zero-order chi connectivity index (χ0) is 14.8. The van der Waals surface area contributed by atoms with Crippen LogP contribution in [-0.2, 0) is 14.8 Å². The summed E-state index contributed by atoms with van der Waals surface area (Å²) in [5.74, 6) is -1.27. The van der Waals surface area contributed by atoms with Crippen molar-refractivity contribution in [2.45, 2.75) is 31.7 Å². The largest absolute Gasteiger partial charge is 0.480 e. The van der Waals surface area contributed by atoms with Crippen LogP contribution in [0.15, 0.2) is 30.3 Å². The van der Waals surface area contributed by atoms with Gasteiger partial charge in [0.05, 0.1) is 5.75 Å². The Bertz CT molecular complexity index is 570. The zero-order valence-electron chi connectivity index (χ0n) is 11.4. The van der Waals surface area contributed by atoms with E-state index < -0.39 is 22.0 Å². The van der Waals surface area contributed by atoms with E-state index in [0.29, 0.717) is 19.4 Å². The van der Waals surface area contributed by atoms with Crippen molar-refractivity contribution in [1.82, 2.24) is 4.31 Å². The van der Waals surface area contributed by atoms with Gasteiger partial charge in [-0.3, -0.25) is 4.79 Å². The second-order valence-corrected chi connectivity index (χ2v) is 7.16. The van der Waals surface area contributed by atoms with Gasteiger partial charge >= 0.3 is 5.97 Å². The molecule has 0 radical (unpaired) electrons. The predicted octanol–water partition coefficient (Wildman–Crippen LogP) is 1.67. The maximum absolute atomic E-state index is 12.4. The highest BCUT2D eigenvalue weighted by atomic mass is 32.2. The summed E-state index contributed by atoms with van der Waals surface area (Å²) >= 11 is 0. The van der Waals surface area contributed by atoms with Gasteiger partial charge in [0.1, 0.15) is 6.04 Å². The molecule has 5 nitrogen and oxygen atoms in total. The number of carboxylic acids is 1. The van der Waals surface area contributed by atoms with Gasteiger partial charge in [-0.1, -0.05) is 37.3 Å². The Labute approximate surface area is 119 Å². The van der Waals surface area contributed by atoms with E-state index in [2.05, 4.69) is 0 Å². The van der Waals surface area contributed by atoms with Crippen molar-refractivity contribution in [2.24, 2.45) is 0 Å². The number of nitrogens with zero attached hydrogens (tertiary/aromatic N) is 1. The third-order valence-corrected chi connectivity index (χ3v) is 5.75. The lowest BCUT2D eigenvalue weighted by molar-refractivity contribution is -0.140. The number of aliphatic carboxylic acids is 1. The maximum atomic E-state index is 12.4. The van der Waals surface area contributed by atoms with Crippen LogP contribution in [0.2, 0.25) is 0 Å². The van der Waals surface area contributed by atoms with Gasteiger partial charge in [0.25, 0.3) is 0 Å². The number of hydrogen-bond donors (Lipinski definition) is 1. The van der Waals surface area contributed by atoms with Crippen LogP contribution in [0.3, 0.4) is 0 Å². The van der Waals surface area contributed by atoms with E-state index >= 15 is 0 Å². The van der Waals surface area contributed by atoms with Crippen LogP contribution >= 0.6 is 0 Å². The van der Waals surface area contributed by atoms with E-state index in [4.69, 9.17) is 5.11 Å². The molecule has 0 spiro atoms. The summed E-state index contributed by atoms with van der Waals surface area (Å²) in [6.07, 6.45) is 1.00. The first-order valence-corrected chi connectivity index (χ1v) is 8.30. The Hall–Kier alpha value is -1.40. The first-order chi connectivity index (χ1) is 9.42. The molecular formula is C14H19NO4S. The zero-order valence-corrected chi connectivity index (χ0v) is 12.2. The van der Waals surface area contributed by atoms with Crippen molar-refractivity contribution in [3.05, 3.63) is 35.9 Å². The average molecular weight is 297 g/mol. The molecule has 1 aliphatic heterocycles. The molecule has 0 saturated carbocycles. The van der Waals surface area contributed by atoms with Gasteiger partial charge in [0, 0.05) is 6.54 Å². The summed E-state index contributed by atoms with van der Waals surface area (Å²) < 4.78 is 25.9. The molecule has 0 aliphatic carbocycles. The Morgan fingerprint density at radius 2 is 2.05 bits per heavy atom. The SMILES string of the molecule is CC(CS(=O)(=O)N1CCC[C@H]1C(=O)O)c1ccccc1. The number of carbonyl (C=O) groups is 1. The van der Waals surface area contributed by atoms with Crippen LogP contribution in [0.5, 0.6) is 0 Å². The minimum absolute atomic E-state index is 0.0548. The van der Waals surface area contributed by atoms with Gasteiger partial charge in [-0.05, 0) is 24.3 Å². The number of carboxylic acid groups (broad SMARTS) is 1. The molecule has 1 aromatic rings. The predicted molar refractivity (Wildman–Crippen MR) is 76.0 cm³/mol. The fourth-order valence-corrected chi connectivity index (χ4v) is 4.62. The smallest absolute Gasteiger partial charge is 0.322 e. The second kappa shape index (κ2) is 5.93. The molecule has 110 valence electrons. The minimum Gasteiger partial charge on any atom is -0.480 e.